The molecule has 1 saturated heterocycles. The molecular weight excluding hydrogens is 501 g/mol. The summed E-state index contributed by atoms with van der Waals surface area (Å²) in [5.41, 5.74) is 11.8. The molecule has 1 fully saturated rings. The van der Waals surface area contributed by atoms with Gasteiger partial charge in [0.1, 0.15) is 28.1 Å². The average molecular weight is 526 g/mol. The van der Waals surface area contributed by atoms with Crippen LogP contribution in [-0.2, 0) is 13.0 Å². The van der Waals surface area contributed by atoms with Gasteiger partial charge < -0.3 is 20.4 Å². The molecule has 0 atom stereocenters. The van der Waals surface area contributed by atoms with Gasteiger partial charge >= 0.3 is 0 Å². The maximum atomic E-state index is 13.4. The van der Waals surface area contributed by atoms with E-state index in [0.29, 0.717) is 33.8 Å². The summed E-state index contributed by atoms with van der Waals surface area (Å²) in [6.45, 7) is 4.09. The highest BCUT2D eigenvalue weighted by molar-refractivity contribution is 7.16. The van der Waals surface area contributed by atoms with E-state index in [1.807, 2.05) is 30.7 Å². The van der Waals surface area contributed by atoms with E-state index in [-0.39, 0.29) is 11.9 Å². The number of thiazole rings is 1. The van der Waals surface area contributed by atoms with Crippen LogP contribution in [0.25, 0.3) is 28.0 Å². The lowest BCUT2D eigenvalue weighted by Crippen LogP contribution is -2.56. The van der Waals surface area contributed by atoms with Gasteiger partial charge in [0.05, 0.1) is 17.9 Å². The van der Waals surface area contributed by atoms with Gasteiger partial charge in [0.2, 0.25) is 5.95 Å². The highest BCUT2D eigenvalue weighted by atomic mass is 32.1. The standard InChI is InChI=1S/C27H24FN9S/c1-2-21-22(12-33-27-35-25(23(9-29)38-27)16-3-6-19(28)7-4-16)37-13-17(5-8-24(37)34-21)18-10-31-26(32-11-18)36-14-20(30)15-36/h3-8,10-11,13,20H,2,12,14-15,30H2,1H3,(H,33,35). The van der Waals surface area contributed by atoms with Crippen LogP contribution in [-0.4, -0.2) is 43.5 Å². The van der Waals surface area contributed by atoms with Crippen LogP contribution >= 0.6 is 11.3 Å². The number of imidazole rings is 1. The Hall–Kier alpha value is -4.40. The Morgan fingerprint density at radius 2 is 1.82 bits per heavy atom. The van der Waals surface area contributed by atoms with E-state index in [2.05, 4.69) is 42.6 Å². The lowest BCUT2D eigenvalue weighted by atomic mass is 10.1. The Labute approximate surface area is 222 Å². The summed E-state index contributed by atoms with van der Waals surface area (Å²) in [5.74, 6) is 0.362. The monoisotopic (exact) mass is 525 g/mol. The molecule has 0 saturated carbocycles. The molecule has 0 spiro atoms. The molecule has 5 aromatic rings. The largest absolute Gasteiger partial charge is 0.356 e. The van der Waals surface area contributed by atoms with E-state index in [0.717, 1.165) is 47.7 Å². The van der Waals surface area contributed by atoms with Crippen molar-refractivity contribution in [2.24, 2.45) is 5.73 Å². The lowest BCUT2D eigenvalue weighted by molar-refractivity contribution is 0.509. The summed E-state index contributed by atoms with van der Waals surface area (Å²) in [7, 11) is 0. The second-order valence-electron chi connectivity index (χ2n) is 9.11. The number of nitrogens with one attached hydrogen (secondary N) is 1. The Kier molecular flexibility index (Phi) is 6.19. The van der Waals surface area contributed by atoms with Gasteiger partial charge in [0.25, 0.3) is 0 Å². The predicted molar refractivity (Wildman–Crippen MR) is 145 cm³/mol. The summed E-state index contributed by atoms with van der Waals surface area (Å²) >= 11 is 1.27. The van der Waals surface area contributed by atoms with Gasteiger partial charge in [0.15, 0.2) is 5.13 Å². The normalized spacial score (nSPS) is 13.5. The number of aryl methyl sites for hydroxylation is 1. The first-order valence-corrected chi connectivity index (χ1v) is 13.1. The molecule has 38 heavy (non-hydrogen) atoms. The molecule has 4 aromatic heterocycles. The van der Waals surface area contributed by atoms with Gasteiger partial charge in [0, 0.05) is 54.4 Å². The molecule has 0 radical (unpaired) electrons. The average Bonchev–Trinajstić information content (AvgIpc) is 3.51. The molecule has 0 aliphatic carbocycles. The summed E-state index contributed by atoms with van der Waals surface area (Å²) in [4.78, 5) is 21.0. The van der Waals surface area contributed by atoms with E-state index >= 15 is 0 Å². The zero-order valence-corrected chi connectivity index (χ0v) is 21.4. The van der Waals surface area contributed by atoms with Crippen LogP contribution in [0.1, 0.15) is 23.2 Å². The van der Waals surface area contributed by atoms with Crippen molar-refractivity contribution in [2.75, 3.05) is 23.3 Å². The summed E-state index contributed by atoms with van der Waals surface area (Å²) < 4.78 is 15.4. The summed E-state index contributed by atoms with van der Waals surface area (Å²) in [6.07, 6.45) is 6.48. The second-order valence-corrected chi connectivity index (χ2v) is 10.1. The van der Waals surface area contributed by atoms with Crippen molar-refractivity contribution in [2.45, 2.75) is 25.9 Å². The number of nitrogens with zero attached hydrogens (tertiary/aromatic N) is 7. The quantitative estimate of drug-likeness (QED) is 0.324. The maximum Gasteiger partial charge on any atom is 0.225 e. The fourth-order valence-electron chi connectivity index (χ4n) is 4.53. The third kappa shape index (κ3) is 4.44. The van der Waals surface area contributed by atoms with Crippen molar-refractivity contribution in [1.29, 1.82) is 5.26 Å². The first-order chi connectivity index (χ1) is 18.5. The first-order valence-electron chi connectivity index (χ1n) is 12.3. The fourth-order valence-corrected chi connectivity index (χ4v) is 5.31. The molecule has 1 aliphatic heterocycles. The van der Waals surface area contributed by atoms with Gasteiger partial charge in [-0.3, -0.25) is 0 Å². The molecule has 11 heteroatoms. The third-order valence-electron chi connectivity index (χ3n) is 6.55. The highest BCUT2D eigenvalue weighted by Crippen LogP contribution is 2.31. The molecule has 5 heterocycles. The number of benzene rings is 1. The number of anilines is 2. The number of fused-ring (bicyclic) bond motifs is 1. The minimum atomic E-state index is -0.330. The van der Waals surface area contributed by atoms with E-state index in [1.54, 1.807) is 12.1 Å². The molecule has 190 valence electrons. The molecule has 3 N–H and O–H groups in total. The van der Waals surface area contributed by atoms with Crippen LogP contribution in [0.15, 0.2) is 55.0 Å². The number of halogens is 1. The molecule has 1 aliphatic rings. The Morgan fingerprint density at radius 1 is 1.08 bits per heavy atom. The lowest BCUT2D eigenvalue weighted by Gasteiger charge is -2.36. The third-order valence-corrected chi connectivity index (χ3v) is 7.47. The minimum absolute atomic E-state index is 0.187. The van der Waals surface area contributed by atoms with Gasteiger partial charge in [-0.2, -0.15) is 5.26 Å². The minimum Gasteiger partial charge on any atom is -0.356 e. The van der Waals surface area contributed by atoms with E-state index in [9.17, 15) is 9.65 Å². The number of pyridine rings is 1. The van der Waals surface area contributed by atoms with Crippen LogP contribution < -0.4 is 16.0 Å². The number of nitrogens with two attached hydrogens (primary N) is 1. The molecule has 1 aromatic carbocycles. The SMILES string of the molecule is CCc1nc2ccc(-c3cnc(N4CC(N)C4)nc3)cn2c1CNc1nc(-c2ccc(F)cc2)c(C#N)s1. The first kappa shape index (κ1) is 24.0. The molecule has 0 bridgehead atoms. The zero-order chi connectivity index (χ0) is 26.2. The van der Waals surface area contributed by atoms with Crippen LogP contribution in [0.3, 0.4) is 0 Å². The molecular formula is C27H24FN9S. The van der Waals surface area contributed by atoms with Gasteiger partial charge in [-0.1, -0.05) is 18.3 Å². The van der Waals surface area contributed by atoms with Crippen molar-refractivity contribution < 1.29 is 4.39 Å². The van der Waals surface area contributed by atoms with Crippen molar-refractivity contribution in [3.63, 3.8) is 0 Å². The predicted octanol–water partition coefficient (Wildman–Crippen LogP) is 4.25. The Balaban J connectivity index is 1.27. The molecule has 0 unspecified atom stereocenters. The summed E-state index contributed by atoms with van der Waals surface area (Å²) in [6, 6.07) is 12.4. The van der Waals surface area contributed by atoms with Crippen molar-refractivity contribution in [1.82, 2.24) is 24.3 Å². The fraction of sp³-hybridized carbons (Fsp3) is 0.222. The zero-order valence-electron chi connectivity index (χ0n) is 20.6. The van der Waals surface area contributed by atoms with Crippen LogP contribution in [0.5, 0.6) is 0 Å². The van der Waals surface area contributed by atoms with E-state index in [1.165, 1.54) is 23.5 Å². The summed E-state index contributed by atoms with van der Waals surface area (Å²) in [5, 5.41) is 13.6. The highest BCUT2D eigenvalue weighted by Gasteiger charge is 2.25. The smallest absolute Gasteiger partial charge is 0.225 e. The van der Waals surface area contributed by atoms with Crippen LogP contribution in [0.2, 0.25) is 0 Å². The van der Waals surface area contributed by atoms with Crippen LogP contribution in [0, 0.1) is 17.1 Å². The van der Waals surface area contributed by atoms with Crippen molar-refractivity contribution >= 4 is 28.1 Å². The second kappa shape index (κ2) is 9.81. The van der Waals surface area contributed by atoms with Gasteiger partial charge in [-0.05, 0) is 42.8 Å². The molecule has 6 rings (SSSR count). The topological polar surface area (TPSA) is 121 Å². The molecule has 9 nitrogen and oxygen atoms in total. The maximum absolute atomic E-state index is 13.4. The molecule has 0 amide bonds. The number of hydrogen-bond acceptors (Lipinski definition) is 9. The van der Waals surface area contributed by atoms with Crippen molar-refractivity contribution in [3.8, 4) is 28.5 Å². The van der Waals surface area contributed by atoms with E-state index < -0.39 is 0 Å². The number of rotatable bonds is 7. The van der Waals surface area contributed by atoms with E-state index in [4.69, 9.17) is 10.7 Å². The Morgan fingerprint density at radius 3 is 2.50 bits per heavy atom. The number of hydrogen-bond donors (Lipinski definition) is 2. The van der Waals surface area contributed by atoms with Crippen LogP contribution in [0.4, 0.5) is 15.5 Å². The van der Waals surface area contributed by atoms with Gasteiger partial charge in [-0.25, -0.2) is 24.3 Å². The number of aromatic nitrogens is 5. The van der Waals surface area contributed by atoms with Crippen molar-refractivity contribution in [3.05, 3.63) is 77.1 Å². The Bertz CT molecular complexity index is 1650. The van der Waals surface area contributed by atoms with Gasteiger partial charge in [-0.15, -0.1) is 0 Å². The number of nitriles is 1.